The van der Waals surface area contributed by atoms with Crippen LogP contribution in [0.25, 0.3) is 0 Å². The van der Waals surface area contributed by atoms with Crippen LogP contribution in [0.15, 0.2) is 24.3 Å². The highest BCUT2D eigenvalue weighted by Gasteiger charge is 2.27. The maximum Gasteiger partial charge on any atom is 0.0991 e. The summed E-state index contributed by atoms with van der Waals surface area (Å²) in [5, 5.41) is 12.1. The monoisotopic (exact) mass is 242 g/mol. The van der Waals surface area contributed by atoms with Crippen LogP contribution in [-0.2, 0) is 0 Å². The second-order valence-corrected chi connectivity index (χ2v) is 4.99. The van der Waals surface area contributed by atoms with Crippen LogP contribution in [0.3, 0.4) is 0 Å². The van der Waals surface area contributed by atoms with E-state index in [1.165, 1.54) is 5.69 Å². The predicted octanol–water partition coefficient (Wildman–Crippen LogP) is 0.652. The molecule has 0 atom stereocenters. The summed E-state index contributed by atoms with van der Waals surface area (Å²) in [7, 11) is 0. The molecule has 0 aliphatic carbocycles. The van der Waals surface area contributed by atoms with Crippen molar-refractivity contribution in [3.05, 3.63) is 29.8 Å². The second kappa shape index (κ2) is 4.97. The normalized spacial score (nSPS) is 21.4. The molecule has 4 nitrogen and oxygen atoms in total. The van der Waals surface area contributed by atoms with Gasteiger partial charge in [-0.2, -0.15) is 5.26 Å². The molecular weight excluding hydrogens is 224 g/mol. The largest absolute Gasteiger partial charge is 0.369 e. The van der Waals surface area contributed by atoms with Gasteiger partial charge in [-0.05, 0) is 24.3 Å². The van der Waals surface area contributed by atoms with Gasteiger partial charge in [0.05, 0.1) is 11.6 Å². The number of nitrogens with zero attached hydrogens (tertiary/aromatic N) is 3. The number of hydrogen-bond donors (Lipinski definition) is 1. The Bertz CT molecular complexity index is 436. The van der Waals surface area contributed by atoms with Gasteiger partial charge >= 0.3 is 0 Å². The molecule has 18 heavy (non-hydrogen) atoms. The zero-order valence-corrected chi connectivity index (χ0v) is 10.5. The quantitative estimate of drug-likeness (QED) is 0.827. The molecule has 2 saturated heterocycles. The molecule has 0 spiro atoms. The van der Waals surface area contributed by atoms with E-state index in [1.54, 1.807) is 0 Å². The van der Waals surface area contributed by atoms with E-state index in [9.17, 15) is 0 Å². The van der Waals surface area contributed by atoms with Gasteiger partial charge in [-0.3, -0.25) is 4.90 Å². The lowest BCUT2D eigenvalue weighted by Gasteiger charge is -2.43. The van der Waals surface area contributed by atoms with Crippen molar-refractivity contribution in [1.29, 1.82) is 5.26 Å². The maximum atomic E-state index is 8.79. The van der Waals surface area contributed by atoms with Gasteiger partial charge in [0.2, 0.25) is 0 Å². The average Bonchev–Trinajstić information content (AvgIpc) is 2.38. The fraction of sp³-hybridized carbons (Fsp3) is 0.500. The number of nitrogens with one attached hydrogen (secondary N) is 1. The molecule has 4 heteroatoms. The van der Waals surface area contributed by atoms with E-state index in [1.807, 2.05) is 12.1 Å². The van der Waals surface area contributed by atoms with Crippen LogP contribution < -0.4 is 10.2 Å². The Labute approximate surface area is 108 Å². The number of nitriles is 1. The number of benzene rings is 1. The van der Waals surface area contributed by atoms with Crippen molar-refractivity contribution >= 4 is 5.69 Å². The predicted molar refractivity (Wildman–Crippen MR) is 71.6 cm³/mol. The second-order valence-electron chi connectivity index (χ2n) is 4.99. The first-order chi connectivity index (χ1) is 8.86. The zero-order chi connectivity index (χ0) is 12.4. The topological polar surface area (TPSA) is 42.3 Å². The molecule has 0 radical (unpaired) electrons. The van der Waals surface area contributed by atoms with Gasteiger partial charge in [-0.25, -0.2) is 0 Å². The molecule has 3 rings (SSSR count). The Morgan fingerprint density at radius 3 is 2.22 bits per heavy atom. The van der Waals surface area contributed by atoms with Gasteiger partial charge in [0.25, 0.3) is 0 Å². The molecule has 1 aromatic carbocycles. The standard InChI is InChI=1S/C14H18N4/c15-9-12-1-3-13(4-2-12)17-5-7-18(8-6-17)14-10-16-11-14/h1-4,14,16H,5-8,10-11H2. The van der Waals surface area contributed by atoms with Crippen LogP contribution in [0.5, 0.6) is 0 Å². The third kappa shape index (κ3) is 2.20. The SMILES string of the molecule is N#Cc1ccc(N2CCN(C3CNC3)CC2)cc1. The minimum Gasteiger partial charge on any atom is -0.369 e. The first-order valence-electron chi connectivity index (χ1n) is 6.57. The summed E-state index contributed by atoms with van der Waals surface area (Å²) in [5.41, 5.74) is 1.97. The van der Waals surface area contributed by atoms with Gasteiger partial charge in [-0.15, -0.1) is 0 Å². The highest BCUT2D eigenvalue weighted by molar-refractivity contribution is 5.50. The third-order valence-electron chi connectivity index (χ3n) is 3.95. The van der Waals surface area contributed by atoms with Crippen LogP contribution in [0, 0.1) is 11.3 Å². The summed E-state index contributed by atoms with van der Waals surface area (Å²) in [6, 6.07) is 10.8. The number of piperazine rings is 1. The lowest BCUT2D eigenvalue weighted by Crippen LogP contribution is -2.61. The summed E-state index contributed by atoms with van der Waals surface area (Å²) in [5.74, 6) is 0. The van der Waals surface area contributed by atoms with Gasteiger partial charge in [0.15, 0.2) is 0 Å². The lowest BCUT2D eigenvalue weighted by atomic mass is 10.1. The Morgan fingerprint density at radius 2 is 1.72 bits per heavy atom. The van der Waals surface area contributed by atoms with Crippen molar-refractivity contribution in [3.8, 4) is 6.07 Å². The van der Waals surface area contributed by atoms with Crippen LogP contribution in [0.4, 0.5) is 5.69 Å². The van der Waals surface area contributed by atoms with Crippen molar-refractivity contribution in [3.63, 3.8) is 0 Å². The summed E-state index contributed by atoms with van der Waals surface area (Å²) >= 11 is 0. The molecule has 0 bridgehead atoms. The van der Waals surface area contributed by atoms with Crippen molar-refractivity contribution in [2.45, 2.75) is 6.04 Å². The van der Waals surface area contributed by atoms with Crippen LogP contribution in [0.2, 0.25) is 0 Å². The maximum absolute atomic E-state index is 8.79. The van der Waals surface area contributed by atoms with E-state index in [0.29, 0.717) is 0 Å². The molecule has 0 saturated carbocycles. The molecule has 0 aromatic heterocycles. The fourth-order valence-corrected chi connectivity index (χ4v) is 2.62. The van der Waals surface area contributed by atoms with E-state index < -0.39 is 0 Å². The number of anilines is 1. The van der Waals surface area contributed by atoms with Gasteiger partial charge in [-0.1, -0.05) is 0 Å². The average molecular weight is 242 g/mol. The summed E-state index contributed by atoms with van der Waals surface area (Å²) in [6.07, 6.45) is 0. The Hall–Kier alpha value is -1.57. The van der Waals surface area contributed by atoms with Crippen LogP contribution in [0.1, 0.15) is 5.56 Å². The Balaban J connectivity index is 1.59. The molecule has 1 aromatic rings. The first kappa shape index (κ1) is 11.5. The van der Waals surface area contributed by atoms with E-state index in [4.69, 9.17) is 5.26 Å². The third-order valence-corrected chi connectivity index (χ3v) is 3.95. The van der Waals surface area contributed by atoms with E-state index >= 15 is 0 Å². The van der Waals surface area contributed by atoms with Crippen molar-refractivity contribution in [2.75, 3.05) is 44.2 Å². The highest BCUT2D eigenvalue weighted by atomic mass is 15.3. The molecule has 94 valence electrons. The molecule has 2 aliphatic rings. The fourth-order valence-electron chi connectivity index (χ4n) is 2.62. The Kier molecular flexibility index (Phi) is 3.18. The van der Waals surface area contributed by atoms with Gasteiger partial charge < -0.3 is 10.2 Å². The zero-order valence-electron chi connectivity index (χ0n) is 10.5. The smallest absolute Gasteiger partial charge is 0.0991 e. The first-order valence-corrected chi connectivity index (χ1v) is 6.57. The number of hydrogen-bond acceptors (Lipinski definition) is 4. The van der Waals surface area contributed by atoms with Crippen molar-refractivity contribution < 1.29 is 0 Å². The minimum absolute atomic E-state index is 0.734. The van der Waals surface area contributed by atoms with Gasteiger partial charge in [0.1, 0.15) is 0 Å². The Morgan fingerprint density at radius 1 is 1.06 bits per heavy atom. The van der Waals surface area contributed by atoms with E-state index in [2.05, 4.69) is 33.3 Å². The summed E-state index contributed by atoms with van der Waals surface area (Å²) in [6.45, 7) is 6.76. The molecule has 2 aliphatic heterocycles. The van der Waals surface area contributed by atoms with Crippen LogP contribution in [-0.4, -0.2) is 50.2 Å². The highest BCUT2D eigenvalue weighted by Crippen LogP contribution is 2.18. The molecule has 2 fully saturated rings. The molecule has 2 heterocycles. The van der Waals surface area contributed by atoms with Gasteiger partial charge in [0, 0.05) is 51.0 Å². The van der Waals surface area contributed by atoms with Crippen molar-refractivity contribution in [2.24, 2.45) is 0 Å². The number of rotatable bonds is 2. The molecule has 1 N–H and O–H groups in total. The van der Waals surface area contributed by atoms with E-state index in [0.717, 1.165) is 50.9 Å². The van der Waals surface area contributed by atoms with E-state index in [-0.39, 0.29) is 0 Å². The summed E-state index contributed by atoms with van der Waals surface area (Å²) in [4.78, 5) is 4.99. The minimum atomic E-state index is 0.734. The lowest BCUT2D eigenvalue weighted by molar-refractivity contribution is 0.138. The van der Waals surface area contributed by atoms with Crippen molar-refractivity contribution in [1.82, 2.24) is 10.2 Å². The molecule has 0 amide bonds. The molecule has 0 unspecified atom stereocenters. The van der Waals surface area contributed by atoms with Crippen LogP contribution >= 0.6 is 0 Å². The summed E-state index contributed by atoms with van der Waals surface area (Å²) < 4.78 is 0. The molecular formula is C14H18N4.